The fourth-order valence-electron chi connectivity index (χ4n) is 1.61. The molecular formula is C15H16BrNO2. The SMILES string of the molecule is Nc1ccc(Br)c(OCCOCc2ccccc2)c1. The minimum Gasteiger partial charge on any atom is -0.490 e. The number of rotatable bonds is 6. The lowest BCUT2D eigenvalue weighted by Gasteiger charge is -2.09. The molecule has 2 aromatic rings. The van der Waals surface area contributed by atoms with Crippen LogP contribution in [0.2, 0.25) is 0 Å². The van der Waals surface area contributed by atoms with Gasteiger partial charge in [0.2, 0.25) is 0 Å². The number of halogens is 1. The average Bonchev–Trinajstić information content (AvgIpc) is 2.43. The molecule has 0 bridgehead atoms. The Morgan fingerprint density at radius 1 is 1.00 bits per heavy atom. The molecule has 2 aromatic carbocycles. The Kier molecular flexibility index (Phi) is 5.24. The fourth-order valence-corrected chi connectivity index (χ4v) is 1.97. The van der Waals surface area contributed by atoms with Crippen LogP contribution in [0.3, 0.4) is 0 Å². The van der Waals surface area contributed by atoms with Gasteiger partial charge in [-0.2, -0.15) is 0 Å². The zero-order chi connectivity index (χ0) is 13.5. The summed E-state index contributed by atoms with van der Waals surface area (Å²) in [7, 11) is 0. The summed E-state index contributed by atoms with van der Waals surface area (Å²) >= 11 is 3.41. The molecular weight excluding hydrogens is 306 g/mol. The molecule has 0 aliphatic rings. The van der Waals surface area contributed by atoms with E-state index in [2.05, 4.69) is 15.9 Å². The van der Waals surface area contributed by atoms with E-state index >= 15 is 0 Å². The first-order chi connectivity index (χ1) is 9.25. The van der Waals surface area contributed by atoms with Crippen molar-refractivity contribution >= 4 is 21.6 Å². The van der Waals surface area contributed by atoms with Gasteiger partial charge >= 0.3 is 0 Å². The smallest absolute Gasteiger partial charge is 0.135 e. The topological polar surface area (TPSA) is 44.5 Å². The molecule has 0 atom stereocenters. The monoisotopic (exact) mass is 321 g/mol. The molecule has 3 nitrogen and oxygen atoms in total. The molecule has 0 saturated carbocycles. The number of hydrogen-bond acceptors (Lipinski definition) is 3. The van der Waals surface area contributed by atoms with Crippen LogP contribution >= 0.6 is 15.9 Å². The van der Waals surface area contributed by atoms with E-state index in [1.54, 1.807) is 6.07 Å². The van der Waals surface area contributed by atoms with Crippen molar-refractivity contribution in [2.45, 2.75) is 6.61 Å². The lowest BCUT2D eigenvalue weighted by atomic mass is 10.2. The van der Waals surface area contributed by atoms with Crippen LogP contribution in [0.1, 0.15) is 5.56 Å². The third kappa shape index (κ3) is 4.58. The molecule has 100 valence electrons. The Labute approximate surface area is 121 Å². The number of nitrogens with two attached hydrogens (primary N) is 1. The van der Waals surface area contributed by atoms with Gasteiger partial charge in [-0.05, 0) is 33.6 Å². The normalized spacial score (nSPS) is 10.4. The Hall–Kier alpha value is -1.52. The Morgan fingerprint density at radius 2 is 1.79 bits per heavy atom. The molecule has 0 radical (unpaired) electrons. The standard InChI is InChI=1S/C15H16BrNO2/c16-14-7-6-13(17)10-15(14)19-9-8-18-11-12-4-2-1-3-5-12/h1-7,10H,8-9,11,17H2. The van der Waals surface area contributed by atoms with Gasteiger partial charge in [0, 0.05) is 11.8 Å². The molecule has 4 heteroatoms. The van der Waals surface area contributed by atoms with Crippen LogP contribution in [0, 0.1) is 0 Å². The molecule has 0 fully saturated rings. The van der Waals surface area contributed by atoms with Crippen molar-refractivity contribution in [2.24, 2.45) is 0 Å². The fraction of sp³-hybridized carbons (Fsp3) is 0.200. The summed E-state index contributed by atoms with van der Waals surface area (Å²) in [6.07, 6.45) is 0. The van der Waals surface area contributed by atoms with Crippen molar-refractivity contribution in [1.82, 2.24) is 0 Å². The molecule has 0 amide bonds. The van der Waals surface area contributed by atoms with Crippen molar-refractivity contribution in [3.05, 3.63) is 58.6 Å². The maximum Gasteiger partial charge on any atom is 0.135 e. The highest BCUT2D eigenvalue weighted by molar-refractivity contribution is 9.10. The molecule has 0 aromatic heterocycles. The average molecular weight is 322 g/mol. The van der Waals surface area contributed by atoms with Crippen LogP contribution in [0.4, 0.5) is 5.69 Å². The van der Waals surface area contributed by atoms with Crippen molar-refractivity contribution < 1.29 is 9.47 Å². The van der Waals surface area contributed by atoms with Crippen LogP contribution in [0.25, 0.3) is 0 Å². The molecule has 19 heavy (non-hydrogen) atoms. The van der Waals surface area contributed by atoms with Crippen molar-refractivity contribution in [3.63, 3.8) is 0 Å². The van der Waals surface area contributed by atoms with Crippen molar-refractivity contribution in [3.8, 4) is 5.75 Å². The van der Waals surface area contributed by atoms with Gasteiger partial charge in [-0.3, -0.25) is 0 Å². The third-order valence-corrected chi connectivity index (χ3v) is 3.21. The molecule has 0 aliphatic heterocycles. The van der Waals surface area contributed by atoms with E-state index in [0.29, 0.717) is 25.5 Å². The zero-order valence-electron chi connectivity index (χ0n) is 10.5. The molecule has 0 heterocycles. The molecule has 2 rings (SSSR count). The first kappa shape index (κ1) is 13.9. The first-order valence-electron chi connectivity index (χ1n) is 6.05. The number of ether oxygens (including phenoxy) is 2. The number of nitrogen functional groups attached to an aromatic ring is 1. The van der Waals surface area contributed by atoms with Crippen LogP contribution in [0.5, 0.6) is 5.75 Å². The summed E-state index contributed by atoms with van der Waals surface area (Å²) in [5.41, 5.74) is 7.55. The highest BCUT2D eigenvalue weighted by Gasteiger charge is 2.01. The summed E-state index contributed by atoms with van der Waals surface area (Å²) in [6, 6.07) is 15.5. The van der Waals surface area contributed by atoms with Gasteiger partial charge in [-0.15, -0.1) is 0 Å². The molecule has 0 aliphatic carbocycles. The maximum absolute atomic E-state index is 5.70. The maximum atomic E-state index is 5.70. The molecule has 2 N–H and O–H groups in total. The second-order valence-corrected chi connectivity index (χ2v) is 4.93. The second-order valence-electron chi connectivity index (χ2n) is 4.08. The van der Waals surface area contributed by atoms with Gasteiger partial charge < -0.3 is 15.2 Å². The summed E-state index contributed by atoms with van der Waals surface area (Å²) in [5.74, 6) is 0.739. The van der Waals surface area contributed by atoms with Crippen LogP contribution in [-0.2, 0) is 11.3 Å². The minimum atomic E-state index is 0.495. The van der Waals surface area contributed by atoms with Gasteiger partial charge in [0.15, 0.2) is 0 Å². The number of benzene rings is 2. The first-order valence-corrected chi connectivity index (χ1v) is 6.84. The lowest BCUT2D eigenvalue weighted by molar-refractivity contribution is 0.0887. The predicted octanol–water partition coefficient (Wildman–Crippen LogP) is 3.63. The zero-order valence-corrected chi connectivity index (χ0v) is 12.1. The van der Waals surface area contributed by atoms with Crippen molar-refractivity contribution in [1.29, 1.82) is 0 Å². The third-order valence-electron chi connectivity index (χ3n) is 2.55. The van der Waals surface area contributed by atoms with E-state index in [1.165, 1.54) is 0 Å². The largest absolute Gasteiger partial charge is 0.490 e. The molecule has 0 unspecified atom stereocenters. The van der Waals surface area contributed by atoms with E-state index in [-0.39, 0.29) is 0 Å². The Bertz CT molecular complexity index is 517. The summed E-state index contributed by atoms with van der Waals surface area (Å²) in [5, 5.41) is 0. The minimum absolute atomic E-state index is 0.495. The number of hydrogen-bond donors (Lipinski definition) is 1. The van der Waals surface area contributed by atoms with Gasteiger partial charge in [-0.25, -0.2) is 0 Å². The Balaban J connectivity index is 1.71. The molecule has 0 saturated heterocycles. The van der Waals surface area contributed by atoms with E-state index in [9.17, 15) is 0 Å². The quantitative estimate of drug-likeness (QED) is 0.652. The summed E-state index contributed by atoms with van der Waals surface area (Å²) < 4.78 is 12.0. The van der Waals surface area contributed by atoms with E-state index in [4.69, 9.17) is 15.2 Å². The summed E-state index contributed by atoms with van der Waals surface area (Å²) in [4.78, 5) is 0. The van der Waals surface area contributed by atoms with E-state index < -0.39 is 0 Å². The van der Waals surface area contributed by atoms with Gasteiger partial charge in [-0.1, -0.05) is 30.3 Å². The van der Waals surface area contributed by atoms with E-state index in [0.717, 1.165) is 15.8 Å². The number of anilines is 1. The Morgan fingerprint density at radius 3 is 2.58 bits per heavy atom. The summed E-state index contributed by atoms with van der Waals surface area (Å²) in [6.45, 7) is 1.63. The van der Waals surface area contributed by atoms with Gasteiger partial charge in [0.05, 0.1) is 17.7 Å². The van der Waals surface area contributed by atoms with E-state index in [1.807, 2.05) is 42.5 Å². The highest BCUT2D eigenvalue weighted by Crippen LogP contribution is 2.26. The van der Waals surface area contributed by atoms with Crippen LogP contribution in [0.15, 0.2) is 53.0 Å². The second kappa shape index (κ2) is 7.16. The molecule has 0 spiro atoms. The van der Waals surface area contributed by atoms with Gasteiger partial charge in [0.1, 0.15) is 12.4 Å². The van der Waals surface area contributed by atoms with Crippen LogP contribution < -0.4 is 10.5 Å². The predicted molar refractivity (Wildman–Crippen MR) is 80.1 cm³/mol. The van der Waals surface area contributed by atoms with Gasteiger partial charge in [0.25, 0.3) is 0 Å². The highest BCUT2D eigenvalue weighted by atomic mass is 79.9. The van der Waals surface area contributed by atoms with Crippen molar-refractivity contribution in [2.75, 3.05) is 18.9 Å². The van der Waals surface area contributed by atoms with Crippen LogP contribution in [-0.4, -0.2) is 13.2 Å². The lowest BCUT2D eigenvalue weighted by Crippen LogP contribution is -2.07.